The van der Waals surface area contributed by atoms with Crippen molar-refractivity contribution in [3.05, 3.63) is 83.5 Å². The van der Waals surface area contributed by atoms with Gasteiger partial charge in [0, 0.05) is 30.5 Å². The summed E-state index contributed by atoms with van der Waals surface area (Å²) in [5.74, 6) is -0.772. The van der Waals surface area contributed by atoms with E-state index in [2.05, 4.69) is 25.9 Å². The second kappa shape index (κ2) is 8.70. The van der Waals surface area contributed by atoms with E-state index in [1.54, 1.807) is 18.3 Å². The van der Waals surface area contributed by atoms with Crippen molar-refractivity contribution in [2.24, 2.45) is 5.41 Å². The first kappa shape index (κ1) is 21.2. The topological polar surface area (TPSA) is 65.7 Å². The second-order valence-electron chi connectivity index (χ2n) is 8.75. The summed E-state index contributed by atoms with van der Waals surface area (Å²) in [5.41, 5.74) is 4.47. The lowest BCUT2D eigenvalue weighted by atomic mass is 9.75. The highest BCUT2D eigenvalue weighted by atomic mass is 19.1. The number of piperidine rings is 1. The molecule has 1 saturated heterocycles. The van der Waals surface area contributed by atoms with Crippen molar-refractivity contribution in [1.82, 2.24) is 19.9 Å². The van der Waals surface area contributed by atoms with Gasteiger partial charge in [0.2, 0.25) is 0 Å². The lowest BCUT2D eigenvalue weighted by Crippen LogP contribution is -2.39. The second-order valence-corrected chi connectivity index (χ2v) is 8.75. The summed E-state index contributed by atoms with van der Waals surface area (Å²) in [4.78, 5) is 14.7. The highest BCUT2D eigenvalue weighted by molar-refractivity contribution is 5.80. The molecule has 3 aromatic rings. The van der Waals surface area contributed by atoms with E-state index in [4.69, 9.17) is 0 Å². The average Bonchev–Trinajstić information content (AvgIpc) is 3.68. The maximum Gasteiger partial charge on any atom is 0.169 e. The number of hydrogen-bond acceptors (Lipinski definition) is 5. The third-order valence-electron chi connectivity index (χ3n) is 6.52. The Hall–Kier alpha value is -3.66. The number of rotatable bonds is 5. The molecule has 0 unspecified atom stereocenters. The average molecular weight is 444 g/mol. The molecule has 33 heavy (non-hydrogen) atoms. The molecule has 1 saturated carbocycles. The van der Waals surface area contributed by atoms with Crippen LogP contribution in [0.2, 0.25) is 0 Å². The number of likely N-dealkylation sites (tertiary alicyclic amines) is 1. The van der Waals surface area contributed by atoms with Gasteiger partial charge in [-0.05, 0) is 67.5 Å². The molecule has 2 aliphatic rings. The van der Waals surface area contributed by atoms with Crippen LogP contribution in [0.5, 0.6) is 0 Å². The van der Waals surface area contributed by atoms with Gasteiger partial charge in [-0.1, -0.05) is 12.1 Å². The number of nitrogens with zero attached hydrogens (tertiary/aromatic N) is 5. The van der Waals surface area contributed by atoms with E-state index in [0.29, 0.717) is 38.0 Å². The van der Waals surface area contributed by atoms with Gasteiger partial charge >= 0.3 is 0 Å². The van der Waals surface area contributed by atoms with Crippen LogP contribution in [0.3, 0.4) is 0 Å². The Kier molecular flexibility index (Phi) is 5.59. The van der Waals surface area contributed by atoms with E-state index < -0.39 is 11.2 Å². The number of benzene rings is 1. The molecular weight excluding hydrogens is 420 g/mol. The Morgan fingerprint density at radius 2 is 1.79 bits per heavy atom. The van der Waals surface area contributed by atoms with Crippen LogP contribution in [0.4, 0.5) is 8.78 Å². The zero-order valence-electron chi connectivity index (χ0n) is 18.1. The van der Waals surface area contributed by atoms with Crippen LogP contribution in [0.15, 0.2) is 60.7 Å². The van der Waals surface area contributed by atoms with Crippen molar-refractivity contribution in [3.8, 4) is 17.5 Å². The minimum absolute atomic E-state index is 0.194. The van der Waals surface area contributed by atoms with Crippen molar-refractivity contribution in [2.75, 3.05) is 13.1 Å². The Balaban J connectivity index is 1.42. The molecule has 5 rings (SSSR count). The van der Waals surface area contributed by atoms with Crippen molar-refractivity contribution in [2.45, 2.75) is 32.1 Å². The number of pyridine rings is 1. The quantitative estimate of drug-likeness (QED) is 0.544. The monoisotopic (exact) mass is 443 g/mol. The Morgan fingerprint density at radius 1 is 1.03 bits per heavy atom. The smallest absolute Gasteiger partial charge is 0.169 e. The van der Waals surface area contributed by atoms with E-state index in [0.717, 1.165) is 35.9 Å². The molecule has 1 aromatic carbocycles. The number of halogens is 2. The van der Waals surface area contributed by atoms with E-state index >= 15 is 0 Å². The Morgan fingerprint density at radius 3 is 2.45 bits per heavy atom. The molecule has 2 aromatic heterocycles. The Bertz CT molecular complexity index is 1230. The largest absolute Gasteiger partial charge is 0.371 e. The van der Waals surface area contributed by atoms with Gasteiger partial charge in [-0.2, -0.15) is 5.26 Å². The fourth-order valence-electron chi connectivity index (χ4n) is 4.64. The van der Waals surface area contributed by atoms with Crippen LogP contribution in [-0.4, -0.2) is 32.9 Å². The molecule has 2 fully saturated rings. The summed E-state index contributed by atoms with van der Waals surface area (Å²) in [6.07, 6.45) is 8.16. The Labute approximate surface area is 191 Å². The van der Waals surface area contributed by atoms with Crippen molar-refractivity contribution < 1.29 is 8.78 Å². The molecule has 7 heteroatoms. The molecule has 0 N–H and O–H groups in total. The molecule has 3 heterocycles. The number of hydrogen-bond donors (Lipinski definition) is 0. The minimum atomic E-state index is -0.501. The lowest BCUT2D eigenvalue weighted by molar-refractivity contribution is 0.196. The predicted molar refractivity (Wildman–Crippen MR) is 120 cm³/mol. The molecule has 0 atom stereocenters. The summed E-state index contributed by atoms with van der Waals surface area (Å²) in [6.45, 7) is 1.43. The standard InChI is InChI=1S/C26H23F2N5/c27-20-7-3-18(4-8-20)14-26(16-29)9-12-33(13-10-26)25(19-5-6-19)21-2-1-11-31-23(21)24-22(28)15-30-17-32-24/h1-4,7-8,11,15,17H,5-6,9-10,12-14H2. The van der Waals surface area contributed by atoms with Gasteiger partial charge in [0.15, 0.2) is 5.82 Å². The first-order chi connectivity index (χ1) is 16.1. The molecule has 166 valence electrons. The summed E-state index contributed by atoms with van der Waals surface area (Å²) in [6, 6.07) is 12.8. The molecule has 0 amide bonds. The van der Waals surface area contributed by atoms with Crippen molar-refractivity contribution in [3.63, 3.8) is 0 Å². The van der Waals surface area contributed by atoms with Crippen molar-refractivity contribution in [1.29, 1.82) is 5.26 Å². The number of nitriles is 1. The highest BCUT2D eigenvalue weighted by Crippen LogP contribution is 2.44. The summed E-state index contributed by atoms with van der Waals surface area (Å²) in [5, 5.41) is 10.0. The van der Waals surface area contributed by atoms with Gasteiger partial charge in [0.1, 0.15) is 23.5 Å². The zero-order chi connectivity index (χ0) is 22.8. The third kappa shape index (κ3) is 4.34. The van der Waals surface area contributed by atoms with Gasteiger partial charge in [-0.3, -0.25) is 4.98 Å². The van der Waals surface area contributed by atoms with E-state index in [9.17, 15) is 14.0 Å². The fraction of sp³-hybridized carbons (Fsp3) is 0.308. The molecule has 0 radical (unpaired) electrons. The molecule has 0 spiro atoms. The highest BCUT2D eigenvalue weighted by Gasteiger charge is 2.37. The fourth-order valence-corrected chi connectivity index (χ4v) is 4.64. The zero-order valence-corrected chi connectivity index (χ0v) is 18.1. The first-order valence-electron chi connectivity index (χ1n) is 11.1. The first-order valence-corrected chi connectivity index (χ1v) is 11.1. The number of aromatic nitrogens is 3. The summed E-state index contributed by atoms with van der Waals surface area (Å²) >= 11 is 0. The van der Waals surface area contributed by atoms with Gasteiger partial charge in [-0.25, -0.2) is 18.7 Å². The normalized spacial score (nSPS) is 16.9. The summed E-state index contributed by atoms with van der Waals surface area (Å²) in [7, 11) is 0. The molecule has 5 nitrogen and oxygen atoms in total. The van der Waals surface area contributed by atoms with E-state index in [-0.39, 0.29) is 11.5 Å². The summed E-state index contributed by atoms with van der Waals surface area (Å²) < 4.78 is 27.8. The van der Waals surface area contributed by atoms with Crippen LogP contribution >= 0.6 is 0 Å². The predicted octanol–water partition coefficient (Wildman–Crippen LogP) is 5.17. The minimum Gasteiger partial charge on any atom is -0.371 e. The van der Waals surface area contributed by atoms with Gasteiger partial charge in [0.25, 0.3) is 0 Å². The van der Waals surface area contributed by atoms with Crippen LogP contribution < -0.4 is 0 Å². The maximum absolute atomic E-state index is 14.5. The number of allylic oxidation sites excluding steroid dienone is 1. The lowest BCUT2D eigenvalue weighted by Gasteiger charge is -2.40. The molecular formula is C26H23F2N5. The maximum atomic E-state index is 14.5. The van der Waals surface area contributed by atoms with Crippen LogP contribution in [0, 0.1) is 28.4 Å². The van der Waals surface area contributed by atoms with E-state index in [1.807, 2.05) is 12.1 Å². The van der Waals surface area contributed by atoms with Gasteiger partial charge < -0.3 is 4.90 Å². The van der Waals surface area contributed by atoms with Gasteiger partial charge in [-0.15, -0.1) is 0 Å². The van der Waals surface area contributed by atoms with Gasteiger partial charge in [0.05, 0.1) is 17.7 Å². The van der Waals surface area contributed by atoms with Crippen LogP contribution in [-0.2, 0) is 6.42 Å². The molecule has 1 aliphatic carbocycles. The SMILES string of the molecule is N#CC1(Cc2ccc(F)cc2)CCN(C(=C2CC2)c2cccnc2-c2ncncc2F)CC1. The third-order valence-corrected chi connectivity index (χ3v) is 6.52. The molecule has 1 aliphatic heterocycles. The molecule has 0 bridgehead atoms. The van der Waals surface area contributed by atoms with Crippen LogP contribution in [0.1, 0.15) is 36.8 Å². The van der Waals surface area contributed by atoms with E-state index in [1.165, 1.54) is 24.0 Å². The van der Waals surface area contributed by atoms with Crippen molar-refractivity contribution >= 4 is 5.70 Å². The van der Waals surface area contributed by atoms with Crippen LogP contribution in [0.25, 0.3) is 17.1 Å².